The van der Waals surface area contributed by atoms with Crippen molar-refractivity contribution in [1.29, 1.82) is 0 Å². The van der Waals surface area contributed by atoms with E-state index in [0.717, 1.165) is 32.4 Å². The number of piperidine rings is 1. The molecule has 1 aliphatic rings. The lowest BCUT2D eigenvalue weighted by Crippen LogP contribution is -2.31. The Hall–Kier alpha value is -3.10. The number of anilines is 3. The van der Waals surface area contributed by atoms with Crippen molar-refractivity contribution in [3.05, 3.63) is 34.6 Å². The number of ether oxygens (including phenoxy) is 2. The average molecular weight is 359 g/mol. The van der Waals surface area contributed by atoms with E-state index in [4.69, 9.17) is 9.47 Å². The highest BCUT2D eigenvalue weighted by atomic mass is 16.6. The van der Waals surface area contributed by atoms with Crippen molar-refractivity contribution in [2.24, 2.45) is 0 Å². The van der Waals surface area contributed by atoms with Crippen LogP contribution in [0.2, 0.25) is 0 Å². The maximum atomic E-state index is 11.7. The van der Waals surface area contributed by atoms with E-state index in [2.05, 4.69) is 15.3 Å². The minimum atomic E-state index is -0.442. The highest BCUT2D eigenvalue weighted by Gasteiger charge is 2.28. The Morgan fingerprint density at radius 1 is 1.15 bits per heavy atom. The van der Waals surface area contributed by atoms with Gasteiger partial charge in [0, 0.05) is 19.2 Å². The summed E-state index contributed by atoms with van der Waals surface area (Å²) in [6.07, 6.45) is 4.46. The van der Waals surface area contributed by atoms with Gasteiger partial charge in [-0.15, -0.1) is 0 Å². The summed E-state index contributed by atoms with van der Waals surface area (Å²) in [7, 11) is 3.08. The van der Waals surface area contributed by atoms with E-state index in [1.54, 1.807) is 25.3 Å². The molecule has 9 heteroatoms. The molecule has 1 aliphatic heterocycles. The molecule has 138 valence electrons. The minimum absolute atomic E-state index is 0.132. The Bertz CT molecular complexity index is 793. The SMILES string of the molecule is COc1ccc(Nc2ncnc(N3CCCCC3)c2[N+](=O)[O-])c(OC)c1. The van der Waals surface area contributed by atoms with Crippen LogP contribution >= 0.6 is 0 Å². The van der Waals surface area contributed by atoms with Gasteiger partial charge in [0.1, 0.15) is 17.8 Å². The number of hydrogen-bond acceptors (Lipinski definition) is 8. The number of rotatable bonds is 6. The zero-order chi connectivity index (χ0) is 18.5. The van der Waals surface area contributed by atoms with Crippen LogP contribution in [0.25, 0.3) is 0 Å². The van der Waals surface area contributed by atoms with Gasteiger partial charge in [-0.3, -0.25) is 10.1 Å². The number of benzene rings is 1. The summed E-state index contributed by atoms with van der Waals surface area (Å²) in [4.78, 5) is 21.5. The van der Waals surface area contributed by atoms with Gasteiger partial charge in [-0.25, -0.2) is 9.97 Å². The molecule has 1 fully saturated rings. The molecule has 9 nitrogen and oxygen atoms in total. The van der Waals surface area contributed by atoms with E-state index in [1.165, 1.54) is 13.4 Å². The zero-order valence-electron chi connectivity index (χ0n) is 14.8. The summed E-state index contributed by atoms with van der Waals surface area (Å²) in [5, 5.41) is 14.7. The van der Waals surface area contributed by atoms with Crippen molar-refractivity contribution in [2.75, 3.05) is 37.5 Å². The average Bonchev–Trinajstić information content (AvgIpc) is 2.68. The van der Waals surface area contributed by atoms with Crippen LogP contribution in [-0.4, -0.2) is 42.2 Å². The first-order valence-corrected chi connectivity index (χ1v) is 8.37. The molecule has 0 spiro atoms. The second-order valence-corrected chi connectivity index (χ2v) is 5.89. The van der Waals surface area contributed by atoms with E-state index in [0.29, 0.717) is 23.0 Å². The zero-order valence-corrected chi connectivity index (χ0v) is 14.8. The van der Waals surface area contributed by atoms with Crippen LogP contribution in [0.5, 0.6) is 11.5 Å². The lowest BCUT2D eigenvalue weighted by atomic mass is 10.1. The molecular formula is C17H21N5O4. The molecule has 0 saturated carbocycles. The Labute approximate surface area is 151 Å². The monoisotopic (exact) mass is 359 g/mol. The number of hydrogen-bond donors (Lipinski definition) is 1. The third kappa shape index (κ3) is 3.61. The number of nitrogens with zero attached hydrogens (tertiary/aromatic N) is 4. The van der Waals surface area contributed by atoms with Crippen molar-refractivity contribution < 1.29 is 14.4 Å². The van der Waals surface area contributed by atoms with Gasteiger partial charge in [0.2, 0.25) is 11.6 Å². The lowest BCUT2D eigenvalue weighted by molar-refractivity contribution is -0.383. The third-order valence-electron chi connectivity index (χ3n) is 4.30. The molecule has 3 rings (SSSR count). The number of aromatic nitrogens is 2. The van der Waals surface area contributed by atoms with E-state index >= 15 is 0 Å². The summed E-state index contributed by atoms with van der Waals surface area (Å²) >= 11 is 0. The molecular weight excluding hydrogens is 338 g/mol. The van der Waals surface area contributed by atoms with Crippen LogP contribution < -0.4 is 19.7 Å². The first kappa shape index (κ1) is 17.7. The molecule has 0 radical (unpaired) electrons. The maximum Gasteiger partial charge on any atom is 0.353 e. The Kier molecular flexibility index (Phi) is 5.35. The molecule has 0 aliphatic carbocycles. The quantitative estimate of drug-likeness (QED) is 0.620. The van der Waals surface area contributed by atoms with Crippen molar-refractivity contribution in [1.82, 2.24) is 9.97 Å². The van der Waals surface area contributed by atoms with Crippen molar-refractivity contribution >= 4 is 23.0 Å². The highest BCUT2D eigenvalue weighted by molar-refractivity contribution is 5.76. The summed E-state index contributed by atoms with van der Waals surface area (Å²) in [6.45, 7) is 1.51. The van der Waals surface area contributed by atoms with Gasteiger partial charge in [0.15, 0.2) is 0 Å². The number of nitrogens with one attached hydrogen (secondary N) is 1. The van der Waals surface area contributed by atoms with E-state index in [1.807, 2.05) is 4.90 Å². The van der Waals surface area contributed by atoms with Crippen LogP contribution in [0, 0.1) is 10.1 Å². The maximum absolute atomic E-state index is 11.7. The van der Waals surface area contributed by atoms with E-state index < -0.39 is 4.92 Å². The van der Waals surface area contributed by atoms with Gasteiger partial charge in [0.25, 0.3) is 0 Å². The molecule has 1 saturated heterocycles. The summed E-state index contributed by atoms with van der Waals surface area (Å²) in [5.41, 5.74) is 0.423. The van der Waals surface area contributed by atoms with Crippen LogP contribution in [0.15, 0.2) is 24.5 Å². The fourth-order valence-corrected chi connectivity index (χ4v) is 3.00. The van der Waals surface area contributed by atoms with Crippen molar-refractivity contribution in [2.45, 2.75) is 19.3 Å². The fourth-order valence-electron chi connectivity index (χ4n) is 3.00. The van der Waals surface area contributed by atoms with Gasteiger partial charge in [-0.1, -0.05) is 0 Å². The summed E-state index contributed by atoms with van der Waals surface area (Å²) in [6, 6.07) is 5.16. The lowest BCUT2D eigenvalue weighted by Gasteiger charge is -2.27. The molecule has 0 amide bonds. The van der Waals surface area contributed by atoms with Gasteiger partial charge < -0.3 is 19.7 Å². The van der Waals surface area contributed by atoms with Crippen LogP contribution in [0.4, 0.5) is 23.0 Å². The van der Waals surface area contributed by atoms with Crippen molar-refractivity contribution in [3.63, 3.8) is 0 Å². The predicted octanol–water partition coefficient (Wildman–Crippen LogP) is 3.14. The van der Waals surface area contributed by atoms with Crippen molar-refractivity contribution in [3.8, 4) is 11.5 Å². The summed E-state index contributed by atoms with van der Waals surface area (Å²) < 4.78 is 10.5. The van der Waals surface area contributed by atoms with E-state index in [-0.39, 0.29) is 11.5 Å². The van der Waals surface area contributed by atoms with Gasteiger partial charge >= 0.3 is 5.69 Å². The largest absolute Gasteiger partial charge is 0.497 e. The number of nitro groups is 1. The molecule has 1 aromatic carbocycles. The minimum Gasteiger partial charge on any atom is -0.497 e. The number of methoxy groups -OCH3 is 2. The highest BCUT2D eigenvalue weighted by Crippen LogP contribution is 2.37. The standard InChI is InChI=1S/C17H21N5O4/c1-25-12-6-7-13(14(10-12)26-2)20-16-15(22(23)24)17(19-11-18-16)21-8-4-3-5-9-21/h6-7,10-11H,3-5,8-9H2,1-2H3,(H,18,19,20). The normalized spacial score (nSPS) is 14.0. The second kappa shape index (κ2) is 7.85. The molecule has 0 bridgehead atoms. The van der Waals surface area contributed by atoms with E-state index in [9.17, 15) is 10.1 Å². The first-order chi connectivity index (χ1) is 12.6. The summed E-state index contributed by atoms with van der Waals surface area (Å²) in [5.74, 6) is 1.60. The molecule has 2 heterocycles. The molecule has 1 aromatic heterocycles. The Balaban J connectivity index is 1.99. The Morgan fingerprint density at radius 3 is 2.58 bits per heavy atom. The van der Waals surface area contributed by atoms with Gasteiger partial charge in [0.05, 0.1) is 24.8 Å². The van der Waals surface area contributed by atoms with Gasteiger partial charge in [-0.05, 0) is 31.4 Å². The topological polar surface area (TPSA) is 103 Å². The molecule has 0 unspecified atom stereocenters. The molecule has 26 heavy (non-hydrogen) atoms. The predicted molar refractivity (Wildman–Crippen MR) is 97.6 cm³/mol. The third-order valence-corrected chi connectivity index (χ3v) is 4.30. The van der Waals surface area contributed by atoms with Crippen LogP contribution in [0.3, 0.4) is 0 Å². The smallest absolute Gasteiger partial charge is 0.353 e. The fraction of sp³-hybridized carbons (Fsp3) is 0.412. The van der Waals surface area contributed by atoms with Crippen LogP contribution in [0.1, 0.15) is 19.3 Å². The molecule has 1 N–H and O–H groups in total. The molecule has 0 atom stereocenters. The second-order valence-electron chi connectivity index (χ2n) is 5.89. The first-order valence-electron chi connectivity index (χ1n) is 8.37. The molecule has 2 aromatic rings. The van der Waals surface area contributed by atoms with Crippen LogP contribution in [-0.2, 0) is 0 Å². The van der Waals surface area contributed by atoms with Gasteiger partial charge in [-0.2, -0.15) is 0 Å². The Morgan fingerprint density at radius 2 is 1.92 bits per heavy atom.